The van der Waals surface area contributed by atoms with Gasteiger partial charge in [-0.05, 0) is 23.1 Å². The quantitative estimate of drug-likeness (QED) is 0.601. The van der Waals surface area contributed by atoms with Crippen molar-refractivity contribution in [2.75, 3.05) is 32.8 Å². The van der Waals surface area contributed by atoms with Crippen molar-refractivity contribution in [3.8, 4) is 17.2 Å². The number of rotatable bonds is 5. The van der Waals surface area contributed by atoms with Crippen molar-refractivity contribution in [1.29, 1.82) is 0 Å². The molecule has 168 valence electrons. The Balaban J connectivity index is 0.000000285. The van der Waals surface area contributed by atoms with Gasteiger partial charge in [-0.1, -0.05) is 13.8 Å². The van der Waals surface area contributed by atoms with E-state index in [9.17, 15) is 9.59 Å². The van der Waals surface area contributed by atoms with E-state index in [1.165, 1.54) is 0 Å². The molecule has 1 aromatic carbocycles. The molecule has 1 aliphatic rings. The zero-order chi connectivity index (χ0) is 23.2. The number of carbonyl (C=O) groups is 2. The van der Waals surface area contributed by atoms with Crippen LogP contribution >= 0.6 is 0 Å². The smallest absolute Gasteiger partial charge is 0.227 e. The Morgan fingerprint density at radius 1 is 1.00 bits per heavy atom. The molecule has 31 heavy (non-hydrogen) atoms. The molecular formula is C21H29N5O5. The fraction of sp³-hybridized carbons (Fsp3) is 0.429. The van der Waals surface area contributed by atoms with Gasteiger partial charge in [-0.25, -0.2) is 4.98 Å². The molecule has 2 heterocycles. The van der Waals surface area contributed by atoms with Gasteiger partial charge in [0.15, 0.2) is 11.5 Å². The second-order valence-corrected chi connectivity index (χ2v) is 7.84. The Kier molecular flexibility index (Phi) is 7.62. The number of nitrogens with two attached hydrogens (primary N) is 2. The molecule has 1 aliphatic heterocycles. The van der Waals surface area contributed by atoms with Crippen molar-refractivity contribution in [2.45, 2.75) is 33.1 Å². The summed E-state index contributed by atoms with van der Waals surface area (Å²) in [6, 6.07) is 3.72. The van der Waals surface area contributed by atoms with E-state index in [-0.39, 0.29) is 23.2 Å². The molecule has 1 fully saturated rings. The maximum atomic E-state index is 10.8. The third-order valence-electron chi connectivity index (χ3n) is 4.59. The Morgan fingerprint density at radius 2 is 1.55 bits per heavy atom. The number of imide groups is 1. The van der Waals surface area contributed by atoms with Gasteiger partial charge in [0.1, 0.15) is 5.82 Å². The number of ether oxygens (including phenoxy) is 3. The first-order valence-electron chi connectivity index (χ1n) is 9.57. The number of piperidine rings is 1. The van der Waals surface area contributed by atoms with Crippen molar-refractivity contribution in [2.24, 2.45) is 5.41 Å². The number of anilines is 2. The van der Waals surface area contributed by atoms with Crippen LogP contribution in [0.1, 0.15) is 37.8 Å². The zero-order valence-electron chi connectivity index (χ0n) is 18.4. The molecule has 0 atom stereocenters. The third kappa shape index (κ3) is 6.46. The van der Waals surface area contributed by atoms with E-state index >= 15 is 0 Å². The number of amides is 2. The van der Waals surface area contributed by atoms with Crippen LogP contribution in [0.5, 0.6) is 17.2 Å². The Bertz CT molecular complexity index is 918. The normalized spacial score (nSPS) is 14.7. The van der Waals surface area contributed by atoms with Crippen molar-refractivity contribution >= 4 is 23.6 Å². The molecule has 10 nitrogen and oxygen atoms in total. The molecule has 0 radical (unpaired) electrons. The van der Waals surface area contributed by atoms with Crippen LogP contribution in [-0.4, -0.2) is 43.1 Å². The maximum Gasteiger partial charge on any atom is 0.227 e. The number of nitrogens with zero attached hydrogens (tertiary/aromatic N) is 2. The largest absolute Gasteiger partial charge is 0.493 e. The van der Waals surface area contributed by atoms with Crippen LogP contribution in [0.25, 0.3) is 0 Å². The minimum absolute atomic E-state index is 0.139. The van der Waals surface area contributed by atoms with Crippen molar-refractivity contribution in [3.63, 3.8) is 0 Å². The zero-order valence-corrected chi connectivity index (χ0v) is 18.4. The van der Waals surface area contributed by atoms with Gasteiger partial charge in [0.05, 0.1) is 21.3 Å². The van der Waals surface area contributed by atoms with Gasteiger partial charge in [-0.2, -0.15) is 4.98 Å². The van der Waals surface area contributed by atoms with Crippen LogP contribution in [0.2, 0.25) is 0 Å². The van der Waals surface area contributed by atoms with E-state index in [4.69, 9.17) is 25.7 Å². The molecule has 3 rings (SSSR count). The monoisotopic (exact) mass is 431 g/mol. The van der Waals surface area contributed by atoms with Gasteiger partial charge < -0.3 is 25.7 Å². The summed E-state index contributed by atoms with van der Waals surface area (Å²) >= 11 is 0. The van der Waals surface area contributed by atoms with Crippen LogP contribution in [0.4, 0.5) is 11.8 Å². The second kappa shape index (κ2) is 9.96. The number of hydrogen-bond donors (Lipinski definition) is 3. The standard InChI is InChI=1S/C14H18N4O3.C7H11NO2/c1-19-10-5-8(6-11(20-2)12(10)21-3)4-9-7-17-14(16)18-13(9)15;1-7(2)3-5(9)8-6(10)4-7/h5-7H,4H2,1-3H3,(H4,15,16,17,18);3-4H2,1-2H3,(H,8,9,10). The lowest BCUT2D eigenvalue weighted by molar-refractivity contribution is -0.136. The Morgan fingerprint density at radius 3 is 1.97 bits per heavy atom. The summed E-state index contributed by atoms with van der Waals surface area (Å²) in [5.41, 5.74) is 12.9. The molecule has 0 saturated carbocycles. The summed E-state index contributed by atoms with van der Waals surface area (Å²) in [5.74, 6) is 1.92. The fourth-order valence-electron chi connectivity index (χ4n) is 3.20. The van der Waals surface area contributed by atoms with E-state index < -0.39 is 0 Å². The van der Waals surface area contributed by atoms with Crippen molar-refractivity contribution in [1.82, 2.24) is 15.3 Å². The molecule has 5 N–H and O–H groups in total. The first kappa shape index (κ1) is 23.7. The minimum atomic E-state index is -0.152. The van der Waals surface area contributed by atoms with Crippen LogP contribution < -0.4 is 31.0 Å². The number of carbonyl (C=O) groups excluding carboxylic acids is 2. The maximum absolute atomic E-state index is 10.8. The van der Waals surface area contributed by atoms with Crippen LogP contribution in [0.15, 0.2) is 18.3 Å². The molecule has 0 bridgehead atoms. The SMILES string of the molecule is CC1(C)CC(=O)NC(=O)C1.COc1cc(Cc2cnc(N)nc2N)cc(OC)c1OC. The van der Waals surface area contributed by atoms with E-state index in [0.717, 1.165) is 11.1 Å². The van der Waals surface area contributed by atoms with Gasteiger partial charge in [0.25, 0.3) is 0 Å². The molecule has 0 aliphatic carbocycles. The average molecular weight is 431 g/mol. The number of nitrogen functional groups attached to an aromatic ring is 2. The highest BCUT2D eigenvalue weighted by atomic mass is 16.5. The van der Waals surface area contributed by atoms with Crippen LogP contribution in [-0.2, 0) is 16.0 Å². The number of methoxy groups -OCH3 is 3. The van der Waals surface area contributed by atoms with Crippen molar-refractivity contribution < 1.29 is 23.8 Å². The third-order valence-corrected chi connectivity index (χ3v) is 4.59. The van der Waals surface area contributed by atoms with E-state index in [1.807, 2.05) is 26.0 Å². The lowest BCUT2D eigenvalue weighted by atomic mass is 9.83. The predicted molar refractivity (Wildman–Crippen MR) is 116 cm³/mol. The molecule has 0 spiro atoms. The summed E-state index contributed by atoms with van der Waals surface area (Å²) in [6.45, 7) is 3.84. The molecule has 10 heteroatoms. The summed E-state index contributed by atoms with van der Waals surface area (Å²) in [5, 5.41) is 2.26. The number of nitrogens with one attached hydrogen (secondary N) is 1. The van der Waals surface area contributed by atoms with E-state index in [0.29, 0.717) is 42.3 Å². The highest BCUT2D eigenvalue weighted by Crippen LogP contribution is 2.38. The van der Waals surface area contributed by atoms with Crippen LogP contribution in [0.3, 0.4) is 0 Å². The lowest BCUT2D eigenvalue weighted by Gasteiger charge is -2.27. The van der Waals surface area contributed by atoms with Crippen LogP contribution in [0, 0.1) is 5.41 Å². The summed E-state index contributed by atoms with van der Waals surface area (Å²) < 4.78 is 15.9. The average Bonchev–Trinajstić information content (AvgIpc) is 2.67. The van der Waals surface area contributed by atoms with Gasteiger partial charge in [-0.15, -0.1) is 0 Å². The molecule has 0 unspecified atom stereocenters. The number of aromatic nitrogens is 2. The topological polar surface area (TPSA) is 152 Å². The molecule has 2 amide bonds. The number of hydrogen-bond acceptors (Lipinski definition) is 9. The predicted octanol–water partition coefficient (Wildman–Crippen LogP) is 1.71. The van der Waals surface area contributed by atoms with Gasteiger partial charge in [0.2, 0.25) is 23.5 Å². The van der Waals surface area contributed by atoms with E-state index in [1.54, 1.807) is 27.5 Å². The summed E-state index contributed by atoms with van der Waals surface area (Å²) in [7, 11) is 4.70. The summed E-state index contributed by atoms with van der Waals surface area (Å²) in [4.78, 5) is 29.4. The molecular weight excluding hydrogens is 402 g/mol. The molecule has 1 aromatic heterocycles. The fourth-order valence-corrected chi connectivity index (χ4v) is 3.20. The first-order valence-corrected chi connectivity index (χ1v) is 9.57. The Hall–Kier alpha value is -3.56. The van der Waals surface area contributed by atoms with E-state index in [2.05, 4.69) is 15.3 Å². The number of benzene rings is 1. The Labute approximate surface area is 181 Å². The minimum Gasteiger partial charge on any atom is -0.493 e. The second-order valence-electron chi connectivity index (χ2n) is 7.84. The highest BCUT2D eigenvalue weighted by Gasteiger charge is 2.30. The highest BCUT2D eigenvalue weighted by molar-refractivity contribution is 5.98. The molecule has 1 saturated heterocycles. The lowest BCUT2D eigenvalue weighted by Crippen LogP contribution is -2.42. The van der Waals surface area contributed by atoms with Gasteiger partial charge in [-0.3, -0.25) is 14.9 Å². The van der Waals surface area contributed by atoms with Gasteiger partial charge >= 0.3 is 0 Å². The molecule has 2 aromatic rings. The first-order chi connectivity index (χ1) is 14.6. The summed E-state index contributed by atoms with van der Waals surface area (Å²) in [6.07, 6.45) is 3.06. The van der Waals surface area contributed by atoms with Gasteiger partial charge in [0, 0.05) is 31.0 Å². The van der Waals surface area contributed by atoms with Crippen molar-refractivity contribution in [3.05, 3.63) is 29.5 Å².